The summed E-state index contributed by atoms with van der Waals surface area (Å²) in [6.45, 7) is 24.4. The Bertz CT molecular complexity index is 3500. The summed E-state index contributed by atoms with van der Waals surface area (Å²) in [5, 5.41) is 24.8. The number of ether oxygens (including phenoxy) is 11. The molecule has 2 atom stereocenters. The van der Waals surface area contributed by atoms with E-state index >= 15 is 0 Å². The molecule has 0 aliphatic heterocycles. The van der Waals surface area contributed by atoms with Crippen molar-refractivity contribution in [2.24, 2.45) is 0 Å². The van der Waals surface area contributed by atoms with Gasteiger partial charge in [0.1, 0.15) is 67.5 Å². The molecule has 2 aromatic rings. The number of nitrogens with one attached hydrogen (secondary N) is 6. The summed E-state index contributed by atoms with van der Waals surface area (Å²) in [7, 11) is 2.92. The number of carboxylic acid groups (broad SMARTS) is 1. The fraction of sp³-hybridized carbons (Fsp3) is 0.752. The predicted octanol–water partition coefficient (Wildman–Crippen LogP) is 16.4. The Morgan fingerprint density at radius 3 is 0.970 bits per heavy atom. The van der Waals surface area contributed by atoms with E-state index in [1.165, 1.54) is 130 Å². The van der Waals surface area contributed by atoms with Crippen LogP contribution in [0.15, 0.2) is 48.5 Å². The zero-order valence-corrected chi connectivity index (χ0v) is 83.0. The van der Waals surface area contributed by atoms with E-state index in [1.54, 1.807) is 41.5 Å². The van der Waals surface area contributed by atoms with Crippen LogP contribution in [-0.2, 0) is 110 Å². The molecule has 0 unspecified atom stereocenters. The molecule has 31 heteroatoms. The number of amides is 6. The topological polar surface area (TPSA) is 416 Å². The lowest BCUT2D eigenvalue weighted by Gasteiger charge is -2.24. The minimum absolute atomic E-state index is 0.00513. The van der Waals surface area contributed by atoms with Gasteiger partial charge in [0.2, 0.25) is 29.5 Å². The van der Waals surface area contributed by atoms with Crippen molar-refractivity contribution in [2.75, 3.05) is 113 Å². The van der Waals surface area contributed by atoms with Crippen LogP contribution in [0.4, 0.5) is 4.79 Å². The minimum Gasteiger partial charge on any atom is -0.481 e. The van der Waals surface area contributed by atoms with Crippen molar-refractivity contribution in [3.8, 4) is 11.1 Å². The van der Waals surface area contributed by atoms with Crippen LogP contribution in [0.1, 0.15) is 357 Å². The molecule has 0 saturated heterocycles. The second-order valence-electron chi connectivity index (χ2n) is 37.6. The summed E-state index contributed by atoms with van der Waals surface area (Å²) >= 11 is 0. The van der Waals surface area contributed by atoms with Crippen LogP contribution < -0.4 is 31.9 Å². The molecule has 0 fully saturated rings. The first-order valence-electron chi connectivity index (χ1n) is 48.7. The first-order chi connectivity index (χ1) is 62.8. The van der Waals surface area contributed by atoms with Gasteiger partial charge in [-0.15, -0.1) is 0 Å². The number of methoxy groups -OCH3 is 2. The number of rotatable bonds is 74. The first kappa shape index (κ1) is 122. The van der Waals surface area contributed by atoms with Crippen molar-refractivity contribution >= 4 is 77.0 Å². The maximum atomic E-state index is 12.9. The van der Waals surface area contributed by atoms with Gasteiger partial charge in [0.05, 0.1) is 39.6 Å². The van der Waals surface area contributed by atoms with Crippen LogP contribution in [0, 0.1) is 0 Å². The third-order valence-corrected chi connectivity index (χ3v) is 20.4. The molecular weight excluding hydrogens is 1700 g/mol. The van der Waals surface area contributed by atoms with Gasteiger partial charge in [-0.25, -0.2) is 14.4 Å². The maximum Gasteiger partial charge on any atom is 0.407 e. The predicted molar refractivity (Wildman–Crippen MR) is 509 cm³/mol. The highest BCUT2D eigenvalue weighted by atomic mass is 16.6. The van der Waals surface area contributed by atoms with Gasteiger partial charge in [-0.1, -0.05) is 203 Å². The molecule has 132 heavy (non-hydrogen) atoms. The number of fused-ring (bicyclic) bond motifs is 3. The third-order valence-electron chi connectivity index (χ3n) is 20.4. The number of carboxylic acids is 1. The van der Waals surface area contributed by atoms with Gasteiger partial charge in [-0.05, 0) is 157 Å². The molecule has 0 heterocycles. The Hall–Kier alpha value is -8.49. The van der Waals surface area contributed by atoms with Gasteiger partial charge < -0.3 is 89.1 Å². The highest BCUT2D eigenvalue weighted by molar-refractivity contribution is 5.87. The number of hydrogen-bond donors (Lipinski definition) is 7. The summed E-state index contributed by atoms with van der Waals surface area (Å²) in [5.74, 6) is -3.64. The van der Waals surface area contributed by atoms with Gasteiger partial charge in [-0.3, -0.25) is 47.9 Å². The summed E-state index contributed by atoms with van der Waals surface area (Å²) < 4.78 is 58.2. The van der Waals surface area contributed by atoms with E-state index in [0.717, 1.165) is 86.5 Å². The molecule has 0 radical (unpaired) electrons. The van der Waals surface area contributed by atoms with Crippen LogP contribution in [0.2, 0.25) is 0 Å². The lowest BCUT2D eigenvalue weighted by Crippen LogP contribution is -2.45. The molecule has 0 spiro atoms. The number of esters is 4. The number of benzene rings is 2. The number of carbonyl (C=O) groups excluding carboxylic acids is 12. The SMILES string of the molecule is CC(C)(C)OC(=O)CCCCCCCCCCCCCCCCC(=O)O.COCC(=O)CCCNC(=O)COCCOCCNC(=O)CC[C@H](NC(=O)CCCCCCCCCCCCCCCCC(=O)OC(C)(C)C)C(=O)OC(C)(C)C.COCC(=O)CCCNC(=O)COCCOCCNC(=O)CC[C@H](NC(=O)OCC1c2ccccc2-c2ccccc21)C(=O)OC(C)(C)C. The Kier molecular flexibility index (Phi) is 68.9. The molecule has 7 N–H and O–H groups in total. The number of carbonyl (C=O) groups is 13. The molecule has 3 rings (SSSR count). The molecule has 6 amide bonds. The zero-order valence-electron chi connectivity index (χ0n) is 83.0. The Labute approximate surface area is 788 Å². The fourth-order valence-corrected chi connectivity index (χ4v) is 14.0. The lowest BCUT2D eigenvalue weighted by atomic mass is 9.98. The highest BCUT2D eigenvalue weighted by Crippen LogP contribution is 2.44. The van der Waals surface area contributed by atoms with Crippen LogP contribution in [-0.4, -0.2) is 230 Å². The van der Waals surface area contributed by atoms with Crippen molar-refractivity contribution in [1.29, 1.82) is 0 Å². The van der Waals surface area contributed by atoms with Crippen molar-refractivity contribution < 1.29 is 120 Å². The van der Waals surface area contributed by atoms with Gasteiger partial charge in [-0.2, -0.15) is 0 Å². The number of Topliss-reactive ketones (excluding diaryl/α,β-unsaturated/α-hetero) is 2. The number of unbranched alkanes of at least 4 members (excludes halogenated alkanes) is 26. The first-order valence-corrected chi connectivity index (χ1v) is 48.7. The molecular formula is C101H170N6O25. The Balaban J connectivity index is 0.00000105. The summed E-state index contributed by atoms with van der Waals surface area (Å²) in [4.78, 5) is 156. The average molecular weight is 1870 g/mol. The van der Waals surface area contributed by atoms with Crippen LogP contribution in [0.25, 0.3) is 11.1 Å². The normalized spacial score (nSPS) is 12.2. The van der Waals surface area contributed by atoms with Gasteiger partial charge in [0.15, 0.2) is 11.6 Å². The lowest BCUT2D eigenvalue weighted by molar-refractivity contribution is -0.159. The molecule has 1 aliphatic rings. The quantitative estimate of drug-likeness (QED) is 0.0184. The van der Waals surface area contributed by atoms with Crippen molar-refractivity contribution in [3.63, 3.8) is 0 Å². The van der Waals surface area contributed by atoms with Crippen molar-refractivity contribution in [2.45, 2.75) is 380 Å². The van der Waals surface area contributed by atoms with Gasteiger partial charge in [0, 0.05) is 97.7 Å². The molecule has 0 aromatic heterocycles. The fourth-order valence-electron chi connectivity index (χ4n) is 14.0. The van der Waals surface area contributed by atoms with Gasteiger partial charge >= 0.3 is 35.9 Å². The van der Waals surface area contributed by atoms with E-state index < -0.39 is 52.9 Å². The number of hydrogen-bond acceptors (Lipinski definition) is 24. The van der Waals surface area contributed by atoms with E-state index in [2.05, 4.69) is 31.9 Å². The standard InChI is InChI=1S/C43H79N3O11.C36H49N3O10.C22H42O4/c1-42(2,3)56-40(51)25-21-19-17-15-13-11-9-8-10-12-14-16-18-20-24-38(49)46-36(41(52)57-43(4,5)6)26-27-37(48)45-29-30-54-31-32-55-34-39(50)44-28-22-23-35(47)33-53-7;1-36(2,3)49-34(43)31(39-35(44)48-23-30-28-13-7-5-11-26(28)27-12-6-8-14-29(27)30)15-16-32(41)38-18-19-46-20-21-47-24-33(42)37-17-9-10-25(40)22-45-4;1-22(2,3)26-21(25)19-17-15-13-11-9-7-5-4-6-8-10-12-14-16-18-20(23)24/h36H,8-34H2,1-7H3,(H,44,50)(H,45,48)(H,46,49);5-8,11-14,30-31H,9-10,15-24H2,1-4H3,(H,37,42)(H,38,41)(H,39,44);4-19H2,1-3H3,(H,23,24)/t36-;31-;/m00./s1. The summed E-state index contributed by atoms with van der Waals surface area (Å²) in [5.41, 5.74) is 2.04. The van der Waals surface area contributed by atoms with E-state index in [4.69, 9.17) is 57.2 Å². The maximum absolute atomic E-state index is 12.9. The van der Waals surface area contributed by atoms with Gasteiger partial charge in [0.25, 0.3) is 0 Å². The molecule has 0 bridgehead atoms. The summed E-state index contributed by atoms with van der Waals surface area (Å²) in [6.07, 6.45) is 35.3. The van der Waals surface area contributed by atoms with Crippen molar-refractivity contribution in [3.05, 3.63) is 59.7 Å². The van der Waals surface area contributed by atoms with Crippen LogP contribution in [0.3, 0.4) is 0 Å². The second kappa shape index (κ2) is 74.8. The van der Waals surface area contributed by atoms with E-state index in [-0.39, 0.29) is 176 Å². The van der Waals surface area contributed by atoms with E-state index in [0.29, 0.717) is 64.5 Å². The average Bonchev–Trinajstić information content (AvgIpc) is 1.61. The van der Waals surface area contributed by atoms with E-state index in [9.17, 15) is 62.3 Å². The zero-order chi connectivity index (χ0) is 98.1. The van der Waals surface area contributed by atoms with E-state index in [1.807, 2.05) is 90.1 Å². The molecule has 754 valence electrons. The highest BCUT2D eigenvalue weighted by Gasteiger charge is 2.33. The Morgan fingerprint density at radius 2 is 0.629 bits per heavy atom. The Morgan fingerprint density at radius 1 is 0.318 bits per heavy atom. The molecule has 1 aliphatic carbocycles. The number of alkyl carbamates (subject to hydrolysis) is 1. The minimum atomic E-state index is -1.09. The molecule has 31 nitrogen and oxygen atoms in total. The largest absolute Gasteiger partial charge is 0.481 e. The summed E-state index contributed by atoms with van der Waals surface area (Å²) in [6, 6.07) is 14.0. The number of ketones is 2. The monoisotopic (exact) mass is 1870 g/mol. The van der Waals surface area contributed by atoms with Crippen LogP contribution >= 0.6 is 0 Å². The molecule has 2 aromatic carbocycles. The number of aliphatic carboxylic acids is 1. The smallest absolute Gasteiger partial charge is 0.407 e. The molecule has 0 saturated carbocycles. The second-order valence-corrected chi connectivity index (χ2v) is 37.6. The van der Waals surface area contributed by atoms with Crippen molar-refractivity contribution in [1.82, 2.24) is 31.9 Å². The third kappa shape index (κ3) is 72.0. The van der Waals surface area contributed by atoms with Crippen LogP contribution in [0.5, 0.6) is 0 Å².